The van der Waals surface area contributed by atoms with E-state index < -0.39 is 20.5 Å². The Morgan fingerprint density at radius 1 is 0.500 bits per heavy atom. The highest BCUT2D eigenvalue weighted by Crippen LogP contribution is 2.46. The molecule has 8 aromatic rings. The van der Waals surface area contributed by atoms with Crippen molar-refractivity contribution in [1.29, 1.82) is 0 Å². The predicted octanol–water partition coefficient (Wildman–Crippen LogP) is 9.19. The van der Waals surface area contributed by atoms with Crippen LogP contribution in [0.5, 0.6) is 5.75 Å². The van der Waals surface area contributed by atoms with Crippen LogP contribution in [0.2, 0.25) is 0 Å². The van der Waals surface area contributed by atoms with Gasteiger partial charge in [-0.05, 0) is 85.1 Å². The normalized spacial score (nSPS) is 11.5. The van der Waals surface area contributed by atoms with Gasteiger partial charge in [0.1, 0.15) is 5.75 Å². The molecule has 8 rings (SSSR count). The van der Waals surface area contributed by atoms with Crippen molar-refractivity contribution in [3.8, 4) is 16.9 Å². The van der Waals surface area contributed by atoms with Crippen molar-refractivity contribution in [1.82, 2.24) is 0 Å². The number of fused-ring (bicyclic) bond motifs is 4. The van der Waals surface area contributed by atoms with Gasteiger partial charge >= 0.3 is 5.97 Å². The number of carboxylic acids is 1. The minimum Gasteiger partial charge on any atom is -0.481 e. The van der Waals surface area contributed by atoms with Crippen LogP contribution in [0.4, 0.5) is 0 Å². The van der Waals surface area contributed by atoms with Crippen molar-refractivity contribution < 1.29 is 14.6 Å². The lowest BCUT2D eigenvalue weighted by molar-refractivity contribution is -0.139. The SMILES string of the molecule is O=C(O)COc1ccc2ccccc2c1-c1c(P(c2ccc3ccccc3c2)c2ccc3ccccc3c2)ccc2ccccc12. The lowest BCUT2D eigenvalue weighted by Gasteiger charge is -2.26. The number of aliphatic carboxylic acids is 1. The molecule has 0 fully saturated rings. The van der Waals surface area contributed by atoms with Crippen LogP contribution < -0.4 is 20.7 Å². The first-order valence-corrected chi connectivity index (χ1v) is 16.6. The van der Waals surface area contributed by atoms with Gasteiger partial charge in [-0.2, -0.15) is 0 Å². The van der Waals surface area contributed by atoms with Crippen LogP contribution in [-0.4, -0.2) is 17.7 Å². The molecule has 0 aromatic heterocycles. The summed E-state index contributed by atoms with van der Waals surface area (Å²) in [6.07, 6.45) is 0. The third-order valence-electron chi connectivity index (χ3n) is 8.62. The second-order valence-electron chi connectivity index (χ2n) is 11.4. The third-order valence-corrected chi connectivity index (χ3v) is 11.1. The summed E-state index contributed by atoms with van der Waals surface area (Å²) in [5.74, 6) is -0.447. The van der Waals surface area contributed by atoms with Gasteiger partial charge in [0.15, 0.2) is 6.61 Å². The van der Waals surface area contributed by atoms with Gasteiger partial charge in [0, 0.05) is 11.1 Å². The molecule has 1 N–H and O–H groups in total. The maximum Gasteiger partial charge on any atom is 0.341 e. The molecule has 0 saturated heterocycles. The largest absolute Gasteiger partial charge is 0.481 e. The Labute approximate surface area is 268 Å². The highest BCUT2D eigenvalue weighted by atomic mass is 31.1. The summed E-state index contributed by atoms with van der Waals surface area (Å²) in [4.78, 5) is 11.7. The van der Waals surface area contributed by atoms with E-state index in [0.717, 1.165) is 32.7 Å². The van der Waals surface area contributed by atoms with Crippen LogP contribution in [0.3, 0.4) is 0 Å². The summed E-state index contributed by atoms with van der Waals surface area (Å²) >= 11 is 0. The Bertz CT molecular complexity index is 2350. The maximum atomic E-state index is 11.7. The van der Waals surface area contributed by atoms with Crippen molar-refractivity contribution in [2.24, 2.45) is 0 Å². The van der Waals surface area contributed by atoms with Crippen molar-refractivity contribution in [3.05, 3.63) is 158 Å². The van der Waals surface area contributed by atoms with Crippen LogP contribution in [0.1, 0.15) is 0 Å². The van der Waals surface area contributed by atoms with E-state index >= 15 is 0 Å². The molecule has 0 spiro atoms. The molecular formula is C42H29O3P. The number of carboxylic acid groups (broad SMARTS) is 1. The second kappa shape index (κ2) is 11.8. The maximum absolute atomic E-state index is 11.7. The lowest BCUT2D eigenvalue weighted by atomic mass is 9.93. The minimum absolute atomic E-state index is 0.421. The first-order chi connectivity index (χ1) is 22.6. The van der Waals surface area contributed by atoms with Crippen LogP contribution in [-0.2, 0) is 4.79 Å². The molecule has 0 unspecified atom stereocenters. The van der Waals surface area contributed by atoms with E-state index in [0.29, 0.717) is 5.75 Å². The third kappa shape index (κ3) is 5.05. The molecule has 4 heteroatoms. The summed E-state index contributed by atoms with van der Waals surface area (Å²) in [5, 5.41) is 22.4. The summed E-state index contributed by atoms with van der Waals surface area (Å²) in [6.45, 7) is -0.421. The monoisotopic (exact) mass is 612 g/mol. The Kier molecular flexibility index (Phi) is 7.17. The smallest absolute Gasteiger partial charge is 0.341 e. The van der Waals surface area contributed by atoms with Crippen molar-refractivity contribution in [2.75, 3.05) is 6.61 Å². The quantitative estimate of drug-likeness (QED) is 0.183. The first kappa shape index (κ1) is 28.0. The van der Waals surface area contributed by atoms with E-state index in [1.807, 2.05) is 24.3 Å². The van der Waals surface area contributed by atoms with E-state index in [1.54, 1.807) is 0 Å². The summed E-state index contributed by atoms with van der Waals surface area (Å²) in [6, 6.07) is 55.8. The number of carbonyl (C=O) groups is 1. The average Bonchev–Trinajstić information content (AvgIpc) is 3.10. The highest BCUT2D eigenvalue weighted by Gasteiger charge is 2.26. The molecule has 0 aliphatic heterocycles. The van der Waals surface area contributed by atoms with E-state index in [4.69, 9.17) is 4.74 Å². The molecule has 0 aliphatic rings. The first-order valence-electron chi connectivity index (χ1n) is 15.3. The number of ether oxygens (including phenoxy) is 1. The van der Waals surface area contributed by atoms with Gasteiger partial charge in [0.25, 0.3) is 0 Å². The molecule has 220 valence electrons. The fraction of sp³-hybridized carbons (Fsp3) is 0.0238. The molecule has 0 radical (unpaired) electrons. The fourth-order valence-electron chi connectivity index (χ4n) is 6.54. The highest BCUT2D eigenvalue weighted by molar-refractivity contribution is 7.80. The van der Waals surface area contributed by atoms with Crippen LogP contribution in [0.15, 0.2) is 158 Å². The van der Waals surface area contributed by atoms with Gasteiger partial charge in [-0.25, -0.2) is 4.79 Å². The Hall–Kier alpha value is -5.50. The van der Waals surface area contributed by atoms with E-state index in [9.17, 15) is 9.90 Å². The van der Waals surface area contributed by atoms with E-state index in [-0.39, 0.29) is 0 Å². The molecule has 3 nitrogen and oxygen atoms in total. The van der Waals surface area contributed by atoms with Crippen LogP contribution >= 0.6 is 7.92 Å². The summed E-state index contributed by atoms with van der Waals surface area (Å²) in [7, 11) is -1.07. The van der Waals surface area contributed by atoms with Crippen LogP contribution in [0, 0.1) is 0 Å². The predicted molar refractivity (Wildman–Crippen MR) is 194 cm³/mol. The summed E-state index contributed by atoms with van der Waals surface area (Å²) < 4.78 is 6.08. The van der Waals surface area contributed by atoms with Crippen molar-refractivity contribution in [2.45, 2.75) is 0 Å². The molecule has 0 aliphatic carbocycles. The Morgan fingerprint density at radius 2 is 0.957 bits per heavy atom. The zero-order chi connectivity index (χ0) is 31.0. The van der Waals surface area contributed by atoms with E-state index in [1.165, 1.54) is 37.5 Å². The minimum atomic E-state index is -1.07. The molecule has 0 amide bonds. The summed E-state index contributed by atoms with van der Waals surface area (Å²) in [5.41, 5.74) is 1.99. The molecular weight excluding hydrogens is 583 g/mol. The number of benzene rings is 8. The molecule has 46 heavy (non-hydrogen) atoms. The molecule has 0 saturated carbocycles. The number of hydrogen-bond donors (Lipinski definition) is 1. The molecule has 0 atom stereocenters. The van der Waals surface area contributed by atoms with Gasteiger partial charge in [-0.3, -0.25) is 0 Å². The van der Waals surface area contributed by atoms with Gasteiger partial charge in [-0.15, -0.1) is 0 Å². The lowest BCUT2D eigenvalue weighted by Crippen LogP contribution is -2.23. The second-order valence-corrected chi connectivity index (χ2v) is 13.6. The van der Waals surface area contributed by atoms with Gasteiger partial charge in [0.05, 0.1) is 0 Å². The topological polar surface area (TPSA) is 46.5 Å². The Morgan fingerprint density at radius 3 is 1.52 bits per heavy atom. The van der Waals surface area contributed by atoms with Crippen LogP contribution in [0.25, 0.3) is 54.2 Å². The van der Waals surface area contributed by atoms with Gasteiger partial charge < -0.3 is 9.84 Å². The molecule has 0 heterocycles. The van der Waals surface area contributed by atoms with Gasteiger partial charge in [-0.1, -0.05) is 140 Å². The Balaban J connectivity index is 1.49. The molecule has 0 bridgehead atoms. The fourth-order valence-corrected chi connectivity index (χ4v) is 9.05. The van der Waals surface area contributed by atoms with E-state index in [2.05, 4.69) is 133 Å². The molecule has 8 aromatic carbocycles. The average molecular weight is 613 g/mol. The van der Waals surface area contributed by atoms with Crippen molar-refractivity contribution >= 4 is 72.9 Å². The number of hydrogen-bond acceptors (Lipinski definition) is 2. The zero-order valence-corrected chi connectivity index (χ0v) is 25.8. The van der Waals surface area contributed by atoms with Gasteiger partial charge in [0.2, 0.25) is 0 Å². The number of rotatable bonds is 7. The van der Waals surface area contributed by atoms with Crippen molar-refractivity contribution in [3.63, 3.8) is 0 Å². The zero-order valence-electron chi connectivity index (χ0n) is 24.9. The standard InChI is InChI=1S/C42H29O3P/c43-40(44)27-45-38-23-19-30-11-5-7-15-36(30)41(38)42-37-16-8-6-12-31(37)20-24-39(42)46(34-21-17-28-9-1-3-13-32(28)25-34)35-22-18-29-10-2-4-14-33(29)26-35/h1-26H,27H2,(H,43,44).